The van der Waals surface area contributed by atoms with Gasteiger partial charge in [-0.05, 0) is 30.7 Å². The molecule has 3 rings (SSSR count). The van der Waals surface area contributed by atoms with Crippen LogP contribution in [0, 0.1) is 11.8 Å². The maximum atomic E-state index is 11.4. The minimum atomic E-state index is -0.476. The second-order valence-corrected chi connectivity index (χ2v) is 5.09. The van der Waals surface area contributed by atoms with Crippen LogP contribution in [-0.4, -0.2) is 36.1 Å². The van der Waals surface area contributed by atoms with Crippen LogP contribution in [0.4, 0.5) is 5.82 Å². The number of nitrogens with zero attached hydrogens (tertiary/aromatic N) is 3. The van der Waals surface area contributed by atoms with Crippen molar-refractivity contribution in [3.63, 3.8) is 0 Å². The van der Waals surface area contributed by atoms with E-state index in [1.54, 1.807) is 6.20 Å². The van der Waals surface area contributed by atoms with Crippen molar-refractivity contribution in [2.45, 2.75) is 19.3 Å². The molecule has 5 heteroatoms. The lowest BCUT2D eigenvalue weighted by Crippen LogP contribution is -2.23. The van der Waals surface area contributed by atoms with E-state index in [-0.39, 0.29) is 5.82 Å². The van der Waals surface area contributed by atoms with E-state index in [9.17, 15) is 4.79 Å². The van der Waals surface area contributed by atoms with E-state index in [2.05, 4.69) is 19.6 Å². The third-order valence-electron chi connectivity index (χ3n) is 4.06. The van der Waals surface area contributed by atoms with Crippen molar-refractivity contribution < 1.29 is 9.53 Å². The molecule has 1 aliphatic carbocycles. The molecule has 2 atom stereocenters. The molecule has 0 N–H and O–H groups in total. The number of fused-ring (bicyclic) bond motifs is 1. The molecular weight excluding hydrogens is 230 g/mol. The Morgan fingerprint density at radius 3 is 2.78 bits per heavy atom. The maximum Gasteiger partial charge on any atom is 0.376 e. The Labute approximate surface area is 106 Å². The molecule has 2 aliphatic rings. The van der Waals surface area contributed by atoms with Crippen LogP contribution >= 0.6 is 0 Å². The molecule has 0 radical (unpaired) electrons. The number of esters is 1. The molecule has 96 valence electrons. The molecular formula is C13H17N3O2. The smallest absolute Gasteiger partial charge is 0.376 e. The van der Waals surface area contributed by atoms with Gasteiger partial charge in [-0.25, -0.2) is 14.8 Å². The molecule has 0 bridgehead atoms. The summed E-state index contributed by atoms with van der Waals surface area (Å²) < 4.78 is 4.65. The summed E-state index contributed by atoms with van der Waals surface area (Å²) in [4.78, 5) is 21.9. The number of ether oxygens (including phenoxy) is 1. The molecule has 0 spiro atoms. The first-order valence-corrected chi connectivity index (χ1v) is 6.44. The second kappa shape index (κ2) is 4.55. The highest BCUT2D eigenvalue weighted by molar-refractivity contribution is 5.85. The van der Waals surface area contributed by atoms with Gasteiger partial charge in [0.25, 0.3) is 0 Å². The quantitative estimate of drug-likeness (QED) is 0.741. The zero-order valence-electron chi connectivity index (χ0n) is 10.5. The highest BCUT2D eigenvalue weighted by Crippen LogP contribution is 2.38. The zero-order chi connectivity index (χ0) is 12.5. The van der Waals surface area contributed by atoms with Crippen molar-refractivity contribution in [2.24, 2.45) is 11.8 Å². The highest BCUT2D eigenvalue weighted by Gasteiger charge is 2.36. The van der Waals surface area contributed by atoms with Gasteiger partial charge in [0.05, 0.1) is 7.11 Å². The van der Waals surface area contributed by atoms with Crippen LogP contribution in [0.3, 0.4) is 0 Å². The van der Waals surface area contributed by atoms with Crippen LogP contribution in [0.15, 0.2) is 12.3 Å². The topological polar surface area (TPSA) is 55.3 Å². The predicted molar refractivity (Wildman–Crippen MR) is 66.4 cm³/mol. The van der Waals surface area contributed by atoms with E-state index in [1.165, 1.54) is 26.4 Å². The number of carbonyl (C=O) groups excluding carboxylic acids is 1. The molecule has 2 fully saturated rings. The first-order chi connectivity index (χ1) is 8.78. The average molecular weight is 247 g/mol. The summed E-state index contributed by atoms with van der Waals surface area (Å²) in [7, 11) is 1.35. The van der Waals surface area contributed by atoms with Crippen LogP contribution in [-0.2, 0) is 4.74 Å². The summed E-state index contributed by atoms with van der Waals surface area (Å²) in [6.45, 7) is 2.12. The van der Waals surface area contributed by atoms with Crippen molar-refractivity contribution in [1.29, 1.82) is 0 Å². The van der Waals surface area contributed by atoms with Gasteiger partial charge in [0, 0.05) is 19.3 Å². The van der Waals surface area contributed by atoms with Crippen LogP contribution in [0.5, 0.6) is 0 Å². The number of aromatic nitrogens is 2. The van der Waals surface area contributed by atoms with E-state index in [1.807, 2.05) is 6.07 Å². The van der Waals surface area contributed by atoms with Gasteiger partial charge in [-0.15, -0.1) is 0 Å². The number of carbonyl (C=O) groups is 1. The fourth-order valence-corrected chi connectivity index (χ4v) is 3.14. The largest absolute Gasteiger partial charge is 0.463 e. The van der Waals surface area contributed by atoms with Gasteiger partial charge in [0.1, 0.15) is 5.82 Å². The van der Waals surface area contributed by atoms with E-state index < -0.39 is 5.97 Å². The van der Waals surface area contributed by atoms with Crippen molar-refractivity contribution in [3.05, 3.63) is 18.1 Å². The molecule has 1 aromatic heterocycles. The van der Waals surface area contributed by atoms with Crippen molar-refractivity contribution >= 4 is 11.8 Å². The molecule has 1 saturated heterocycles. The van der Waals surface area contributed by atoms with Gasteiger partial charge in [0.15, 0.2) is 0 Å². The Balaban J connectivity index is 1.79. The summed E-state index contributed by atoms with van der Waals surface area (Å²) >= 11 is 0. The molecule has 0 amide bonds. The lowest BCUT2D eigenvalue weighted by Gasteiger charge is -2.18. The zero-order valence-corrected chi connectivity index (χ0v) is 10.5. The summed E-state index contributed by atoms with van der Waals surface area (Å²) in [6.07, 6.45) is 5.65. The summed E-state index contributed by atoms with van der Waals surface area (Å²) in [6, 6.07) is 1.87. The minimum absolute atomic E-state index is 0.145. The summed E-state index contributed by atoms with van der Waals surface area (Å²) in [5, 5.41) is 0. The number of rotatable bonds is 2. The average Bonchev–Trinajstić information content (AvgIpc) is 2.98. The van der Waals surface area contributed by atoms with Gasteiger partial charge in [0.2, 0.25) is 5.82 Å². The highest BCUT2D eigenvalue weighted by atomic mass is 16.5. The van der Waals surface area contributed by atoms with E-state index in [0.717, 1.165) is 30.7 Å². The Morgan fingerprint density at radius 1 is 1.39 bits per heavy atom. The van der Waals surface area contributed by atoms with Gasteiger partial charge in [-0.2, -0.15) is 0 Å². The second-order valence-electron chi connectivity index (χ2n) is 5.09. The lowest BCUT2D eigenvalue weighted by atomic mass is 10.0. The van der Waals surface area contributed by atoms with Crippen LogP contribution < -0.4 is 4.90 Å². The van der Waals surface area contributed by atoms with Gasteiger partial charge >= 0.3 is 5.97 Å². The van der Waals surface area contributed by atoms with Crippen LogP contribution in [0.2, 0.25) is 0 Å². The molecule has 1 aliphatic heterocycles. The Bertz CT molecular complexity index is 451. The van der Waals surface area contributed by atoms with Crippen LogP contribution in [0.1, 0.15) is 29.9 Å². The number of methoxy groups -OCH3 is 1. The summed E-state index contributed by atoms with van der Waals surface area (Å²) in [5.41, 5.74) is 0. The van der Waals surface area contributed by atoms with Crippen molar-refractivity contribution in [2.75, 3.05) is 25.1 Å². The Morgan fingerprint density at radius 2 is 2.11 bits per heavy atom. The van der Waals surface area contributed by atoms with Crippen LogP contribution in [0.25, 0.3) is 0 Å². The summed E-state index contributed by atoms with van der Waals surface area (Å²) in [5.74, 6) is 2.13. The Kier molecular flexibility index (Phi) is 2.89. The third kappa shape index (κ3) is 1.94. The van der Waals surface area contributed by atoms with Gasteiger partial charge in [-0.1, -0.05) is 6.42 Å². The minimum Gasteiger partial charge on any atom is -0.463 e. The molecule has 0 aromatic carbocycles. The number of hydrogen-bond donors (Lipinski definition) is 0. The molecule has 2 heterocycles. The Hall–Kier alpha value is -1.65. The fourth-order valence-electron chi connectivity index (χ4n) is 3.14. The van der Waals surface area contributed by atoms with Gasteiger partial charge < -0.3 is 9.64 Å². The predicted octanol–water partition coefficient (Wildman–Crippen LogP) is 1.50. The fraction of sp³-hybridized carbons (Fsp3) is 0.615. The normalized spacial score (nSPS) is 26.2. The standard InChI is InChI=1S/C13H17N3O2/c1-18-13(17)12-14-6-5-11(15-12)16-7-9-3-2-4-10(9)8-16/h5-6,9-10H,2-4,7-8H2,1H3. The van der Waals surface area contributed by atoms with Gasteiger partial charge in [-0.3, -0.25) is 0 Å². The first-order valence-electron chi connectivity index (χ1n) is 6.44. The molecule has 1 aromatic rings. The van der Waals surface area contributed by atoms with E-state index in [0.29, 0.717) is 0 Å². The maximum absolute atomic E-state index is 11.4. The van der Waals surface area contributed by atoms with Crippen molar-refractivity contribution in [3.8, 4) is 0 Å². The number of anilines is 1. The monoisotopic (exact) mass is 247 g/mol. The molecule has 1 saturated carbocycles. The first kappa shape index (κ1) is 11.4. The lowest BCUT2D eigenvalue weighted by molar-refractivity contribution is 0.0587. The number of hydrogen-bond acceptors (Lipinski definition) is 5. The van der Waals surface area contributed by atoms with E-state index >= 15 is 0 Å². The third-order valence-corrected chi connectivity index (χ3v) is 4.06. The van der Waals surface area contributed by atoms with E-state index in [4.69, 9.17) is 0 Å². The molecule has 5 nitrogen and oxygen atoms in total. The molecule has 18 heavy (non-hydrogen) atoms. The SMILES string of the molecule is COC(=O)c1nccc(N2CC3CCCC3C2)n1. The van der Waals surface area contributed by atoms with Crippen molar-refractivity contribution in [1.82, 2.24) is 9.97 Å². The molecule has 2 unspecified atom stereocenters.